The summed E-state index contributed by atoms with van der Waals surface area (Å²) < 4.78 is 0. The van der Waals surface area contributed by atoms with Crippen LogP contribution in [0.25, 0.3) is 0 Å². The van der Waals surface area contributed by atoms with Gasteiger partial charge >= 0.3 is 11.9 Å². The average Bonchev–Trinajstić information content (AvgIpc) is 2.81. The van der Waals surface area contributed by atoms with Crippen LogP contribution in [0.5, 0.6) is 0 Å². The molecule has 0 aliphatic rings. The lowest BCUT2D eigenvalue weighted by Gasteiger charge is -2.26. The molecule has 1 aromatic carbocycles. The zero-order valence-corrected chi connectivity index (χ0v) is 20.1. The highest BCUT2D eigenvalue weighted by Crippen LogP contribution is 2.06. The zero-order valence-electron chi connectivity index (χ0n) is 20.1. The molecule has 0 bridgehead atoms. The summed E-state index contributed by atoms with van der Waals surface area (Å²) in [7, 11) is 0. The summed E-state index contributed by atoms with van der Waals surface area (Å²) in [6, 6.07) is 3.49. The van der Waals surface area contributed by atoms with Gasteiger partial charge in [0, 0.05) is 0 Å². The second-order valence-electron chi connectivity index (χ2n) is 8.37. The van der Waals surface area contributed by atoms with Crippen molar-refractivity contribution < 1.29 is 39.3 Å². The van der Waals surface area contributed by atoms with Crippen molar-refractivity contribution in [2.45, 2.75) is 69.3 Å². The lowest BCUT2D eigenvalue weighted by molar-refractivity contribution is -0.147. The van der Waals surface area contributed by atoms with Crippen molar-refractivity contribution in [1.82, 2.24) is 16.0 Å². The van der Waals surface area contributed by atoms with E-state index in [0.717, 1.165) is 5.56 Å². The van der Waals surface area contributed by atoms with Crippen LogP contribution in [0.3, 0.4) is 0 Å². The Morgan fingerprint density at radius 2 is 1.50 bits per heavy atom. The number of hydrogen-bond donors (Lipinski definition) is 8. The molecule has 1 rings (SSSR count). The van der Waals surface area contributed by atoms with Gasteiger partial charge in [-0.25, -0.2) is 4.79 Å². The highest BCUT2D eigenvalue weighted by atomic mass is 16.4. The van der Waals surface area contributed by atoms with Gasteiger partial charge in [0.25, 0.3) is 0 Å². The van der Waals surface area contributed by atoms with E-state index in [1.165, 1.54) is 6.92 Å². The molecule has 0 radical (unpaired) electrons. The molecule has 200 valence electrons. The van der Waals surface area contributed by atoms with Gasteiger partial charge in [-0.05, 0) is 44.7 Å². The summed E-state index contributed by atoms with van der Waals surface area (Å²) in [4.78, 5) is 60.4. The van der Waals surface area contributed by atoms with Crippen LogP contribution in [-0.2, 0) is 30.4 Å². The molecule has 0 aliphatic heterocycles. The fraction of sp³-hybridized carbons (Fsp3) is 0.522. The Kier molecular flexibility index (Phi) is 13.1. The molecule has 36 heavy (non-hydrogen) atoms. The number of amides is 3. The summed E-state index contributed by atoms with van der Waals surface area (Å²) in [5.74, 6) is -5.51. The first-order valence-corrected chi connectivity index (χ1v) is 11.5. The maximum absolute atomic E-state index is 12.9. The van der Waals surface area contributed by atoms with Crippen LogP contribution >= 0.6 is 0 Å². The maximum atomic E-state index is 12.9. The van der Waals surface area contributed by atoms with Crippen molar-refractivity contribution in [2.24, 2.45) is 11.5 Å². The Labute approximate surface area is 208 Å². The normalized spacial score (nSPS) is 15.0. The largest absolute Gasteiger partial charge is 0.481 e. The van der Waals surface area contributed by atoms with Gasteiger partial charge in [0.2, 0.25) is 17.7 Å². The third kappa shape index (κ3) is 10.8. The first-order valence-electron chi connectivity index (χ1n) is 11.5. The lowest BCUT2D eigenvalue weighted by Crippen LogP contribution is -2.60. The molecule has 0 spiro atoms. The molecule has 13 heteroatoms. The number of unbranched alkanes of at least 4 members (excludes halogenated alkanes) is 1. The monoisotopic (exact) mass is 509 g/mol. The highest BCUT2D eigenvalue weighted by molar-refractivity contribution is 5.94. The number of carboxylic acids is 2. The quantitative estimate of drug-likeness (QED) is 0.115. The van der Waals surface area contributed by atoms with Crippen LogP contribution in [0.15, 0.2) is 30.3 Å². The van der Waals surface area contributed by atoms with Crippen molar-refractivity contribution in [3.8, 4) is 0 Å². The molecule has 0 aromatic heterocycles. The summed E-state index contributed by atoms with van der Waals surface area (Å²) in [5.41, 5.74) is 12.2. The minimum Gasteiger partial charge on any atom is -0.481 e. The Morgan fingerprint density at radius 1 is 0.889 bits per heavy atom. The van der Waals surface area contributed by atoms with Crippen LogP contribution in [-0.4, -0.2) is 81.8 Å². The number of hydrogen-bond acceptors (Lipinski definition) is 8. The van der Waals surface area contributed by atoms with Gasteiger partial charge in [0.1, 0.15) is 18.1 Å². The van der Waals surface area contributed by atoms with Crippen molar-refractivity contribution >= 4 is 29.7 Å². The summed E-state index contributed by atoms with van der Waals surface area (Å²) in [5, 5.41) is 35.1. The summed E-state index contributed by atoms with van der Waals surface area (Å²) >= 11 is 0. The van der Waals surface area contributed by atoms with Gasteiger partial charge in [0.05, 0.1) is 18.6 Å². The molecule has 5 atom stereocenters. The van der Waals surface area contributed by atoms with E-state index < -0.39 is 66.4 Å². The van der Waals surface area contributed by atoms with Crippen molar-refractivity contribution in [3.05, 3.63) is 35.9 Å². The zero-order chi connectivity index (χ0) is 27.3. The van der Waals surface area contributed by atoms with E-state index in [1.54, 1.807) is 24.3 Å². The number of carboxylic acid groups (broad SMARTS) is 2. The summed E-state index contributed by atoms with van der Waals surface area (Å²) in [6.07, 6.45) is -1.09. The molecule has 0 heterocycles. The van der Waals surface area contributed by atoms with Crippen LogP contribution in [0.1, 0.15) is 38.2 Å². The number of carbonyl (C=O) groups excluding carboxylic acids is 3. The standard InChI is InChI=1S/C23H35N5O8/c1-13(29)19(28-20(32)15(25)11-14-7-3-2-4-8-14)22(34)26-16(9-5-6-10-24)21(33)27-17(23(35)36)12-18(30)31/h2-4,7-8,13,15-17,19,29H,5-6,9-12,24-25H2,1H3,(H,26,34)(H,27,33)(H,28,32)(H,30,31)(H,35,36). The second kappa shape index (κ2) is 15.4. The van der Waals surface area contributed by atoms with Crippen LogP contribution in [0.2, 0.25) is 0 Å². The van der Waals surface area contributed by atoms with Gasteiger partial charge in [-0.15, -0.1) is 0 Å². The molecule has 13 nitrogen and oxygen atoms in total. The molecule has 1 aromatic rings. The van der Waals surface area contributed by atoms with E-state index in [4.69, 9.17) is 16.6 Å². The molecule has 10 N–H and O–H groups in total. The van der Waals surface area contributed by atoms with Gasteiger partial charge in [-0.3, -0.25) is 19.2 Å². The predicted octanol–water partition coefficient (Wildman–Crippen LogP) is -1.92. The predicted molar refractivity (Wildman–Crippen MR) is 128 cm³/mol. The minimum absolute atomic E-state index is 0.0577. The van der Waals surface area contributed by atoms with Crippen molar-refractivity contribution in [2.75, 3.05) is 6.54 Å². The number of carbonyl (C=O) groups is 5. The second-order valence-corrected chi connectivity index (χ2v) is 8.37. The van der Waals surface area contributed by atoms with E-state index in [-0.39, 0.29) is 12.8 Å². The van der Waals surface area contributed by atoms with E-state index in [9.17, 15) is 34.2 Å². The average molecular weight is 510 g/mol. The van der Waals surface area contributed by atoms with E-state index in [2.05, 4.69) is 16.0 Å². The highest BCUT2D eigenvalue weighted by Gasteiger charge is 2.32. The Morgan fingerprint density at radius 3 is 2.03 bits per heavy atom. The number of nitrogens with two attached hydrogens (primary N) is 2. The lowest BCUT2D eigenvalue weighted by atomic mass is 10.0. The first kappa shape index (κ1) is 30.5. The Hall–Kier alpha value is -3.55. The van der Waals surface area contributed by atoms with E-state index in [1.807, 2.05) is 6.07 Å². The van der Waals surface area contributed by atoms with Gasteiger partial charge in [-0.2, -0.15) is 0 Å². The van der Waals surface area contributed by atoms with Crippen molar-refractivity contribution in [3.63, 3.8) is 0 Å². The SMILES string of the molecule is CC(O)C(NC(=O)C(N)Cc1ccccc1)C(=O)NC(CCCCN)C(=O)NC(CC(=O)O)C(=O)O. The van der Waals surface area contributed by atoms with Gasteiger partial charge < -0.3 is 42.7 Å². The topological polar surface area (TPSA) is 234 Å². The van der Waals surface area contributed by atoms with Gasteiger partial charge in [0.15, 0.2) is 0 Å². The molecule has 0 saturated heterocycles. The minimum atomic E-state index is -1.72. The molecule has 0 saturated carbocycles. The van der Waals surface area contributed by atoms with E-state index in [0.29, 0.717) is 19.4 Å². The molecular formula is C23H35N5O8. The molecule has 3 amide bonds. The smallest absolute Gasteiger partial charge is 0.326 e. The number of aliphatic carboxylic acids is 2. The van der Waals surface area contributed by atoms with Crippen LogP contribution < -0.4 is 27.4 Å². The summed E-state index contributed by atoms with van der Waals surface area (Å²) in [6.45, 7) is 1.58. The van der Waals surface area contributed by atoms with Crippen molar-refractivity contribution in [1.29, 1.82) is 0 Å². The Bertz CT molecular complexity index is 896. The number of rotatable bonds is 16. The van der Waals surface area contributed by atoms with Gasteiger partial charge in [-0.1, -0.05) is 30.3 Å². The fourth-order valence-electron chi connectivity index (χ4n) is 3.30. The molecular weight excluding hydrogens is 474 g/mol. The third-order valence-corrected chi connectivity index (χ3v) is 5.27. The molecule has 0 fully saturated rings. The molecule has 0 aliphatic carbocycles. The number of benzene rings is 1. The maximum Gasteiger partial charge on any atom is 0.326 e. The Balaban J connectivity index is 2.93. The number of aliphatic hydroxyl groups is 1. The first-order chi connectivity index (χ1) is 17.0. The van der Waals surface area contributed by atoms with Crippen LogP contribution in [0.4, 0.5) is 0 Å². The number of aliphatic hydroxyl groups excluding tert-OH is 1. The fourth-order valence-corrected chi connectivity index (χ4v) is 3.30. The van der Waals surface area contributed by atoms with E-state index >= 15 is 0 Å². The number of nitrogens with one attached hydrogen (secondary N) is 3. The van der Waals surface area contributed by atoms with Crippen LogP contribution in [0, 0.1) is 0 Å². The third-order valence-electron chi connectivity index (χ3n) is 5.27. The molecule has 5 unspecified atom stereocenters.